The SMILES string of the molecule is CC(=O)c1c[nH]c(=O)n1C(C)=O. The number of H-pyrrole nitrogens is 1. The second-order valence-corrected chi connectivity index (χ2v) is 2.39. The average Bonchev–Trinajstić information content (AvgIpc) is 2.30. The molecule has 5 nitrogen and oxygen atoms in total. The molecule has 1 aromatic rings. The first-order chi connectivity index (χ1) is 5.54. The van der Waals surface area contributed by atoms with Gasteiger partial charge in [-0.05, 0) is 0 Å². The Kier molecular flexibility index (Phi) is 1.95. The van der Waals surface area contributed by atoms with E-state index in [0.717, 1.165) is 4.57 Å². The zero-order valence-corrected chi connectivity index (χ0v) is 6.75. The van der Waals surface area contributed by atoms with E-state index >= 15 is 0 Å². The van der Waals surface area contributed by atoms with Gasteiger partial charge < -0.3 is 4.98 Å². The number of carbonyl (C=O) groups excluding carboxylic acids is 2. The quantitative estimate of drug-likeness (QED) is 0.601. The Hall–Kier alpha value is -1.65. The third-order valence-electron chi connectivity index (χ3n) is 1.45. The molecule has 1 aromatic heterocycles. The van der Waals surface area contributed by atoms with Crippen LogP contribution in [-0.2, 0) is 0 Å². The number of carbonyl (C=O) groups is 2. The van der Waals surface area contributed by atoms with Crippen molar-refractivity contribution in [1.29, 1.82) is 0 Å². The molecular formula is C7H8N2O3. The van der Waals surface area contributed by atoms with Crippen molar-refractivity contribution in [2.45, 2.75) is 13.8 Å². The summed E-state index contributed by atoms with van der Waals surface area (Å²) in [5.41, 5.74) is -0.486. The largest absolute Gasteiger partial charge is 0.332 e. The molecular weight excluding hydrogens is 160 g/mol. The molecule has 0 saturated heterocycles. The van der Waals surface area contributed by atoms with E-state index < -0.39 is 11.6 Å². The van der Waals surface area contributed by atoms with Crippen molar-refractivity contribution in [3.63, 3.8) is 0 Å². The van der Waals surface area contributed by atoms with Gasteiger partial charge in [-0.15, -0.1) is 0 Å². The van der Waals surface area contributed by atoms with Gasteiger partial charge in [-0.25, -0.2) is 9.36 Å². The molecule has 0 aliphatic rings. The minimum atomic E-state index is -0.576. The highest BCUT2D eigenvalue weighted by atomic mass is 16.2. The Morgan fingerprint density at radius 1 is 1.42 bits per heavy atom. The van der Waals surface area contributed by atoms with E-state index in [9.17, 15) is 14.4 Å². The maximum Gasteiger partial charge on any atom is 0.332 e. The topological polar surface area (TPSA) is 71.9 Å². The maximum atomic E-state index is 10.9. The number of rotatable bonds is 1. The van der Waals surface area contributed by atoms with Crippen LogP contribution in [0.1, 0.15) is 29.1 Å². The second kappa shape index (κ2) is 2.77. The number of ketones is 1. The van der Waals surface area contributed by atoms with Gasteiger partial charge in [0.25, 0.3) is 0 Å². The summed E-state index contributed by atoms with van der Waals surface area (Å²) in [6.07, 6.45) is 1.23. The second-order valence-electron chi connectivity index (χ2n) is 2.39. The lowest BCUT2D eigenvalue weighted by Gasteiger charge is -1.96. The van der Waals surface area contributed by atoms with Crippen LogP contribution < -0.4 is 5.69 Å². The van der Waals surface area contributed by atoms with Crippen molar-refractivity contribution in [2.75, 3.05) is 0 Å². The summed E-state index contributed by atoms with van der Waals surface area (Å²) in [4.78, 5) is 34.9. The van der Waals surface area contributed by atoms with Crippen LogP contribution in [-0.4, -0.2) is 21.2 Å². The predicted octanol–water partition coefficient (Wildman–Crippen LogP) is 0.0391. The first kappa shape index (κ1) is 8.45. The molecule has 0 aliphatic carbocycles. The van der Waals surface area contributed by atoms with Crippen LogP contribution in [0, 0.1) is 0 Å². The summed E-state index contributed by atoms with van der Waals surface area (Å²) in [6, 6.07) is 0. The van der Waals surface area contributed by atoms with E-state index in [1.807, 2.05) is 0 Å². The van der Waals surface area contributed by atoms with Gasteiger partial charge in [0, 0.05) is 20.0 Å². The summed E-state index contributed by atoms with van der Waals surface area (Å²) in [7, 11) is 0. The lowest BCUT2D eigenvalue weighted by Crippen LogP contribution is -2.25. The molecule has 0 radical (unpaired) electrons. The van der Waals surface area contributed by atoms with Crippen molar-refractivity contribution >= 4 is 11.7 Å². The summed E-state index contributed by atoms with van der Waals surface area (Å²) in [6.45, 7) is 2.52. The Morgan fingerprint density at radius 2 is 2.00 bits per heavy atom. The van der Waals surface area contributed by atoms with Gasteiger partial charge in [0.05, 0.1) is 0 Å². The molecule has 0 saturated carbocycles. The minimum absolute atomic E-state index is 0.0903. The van der Waals surface area contributed by atoms with Crippen molar-refractivity contribution in [1.82, 2.24) is 9.55 Å². The summed E-state index contributed by atoms with van der Waals surface area (Å²) < 4.78 is 0.808. The highest BCUT2D eigenvalue weighted by Gasteiger charge is 2.12. The van der Waals surface area contributed by atoms with Crippen LogP contribution in [0.25, 0.3) is 0 Å². The van der Waals surface area contributed by atoms with Gasteiger partial charge in [0.2, 0.25) is 5.91 Å². The molecule has 0 atom stereocenters. The molecule has 5 heteroatoms. The van der Waals surface area contributed by atoms with Gasteiger partial charge >= 0.3 is 5.69 Å². The van der Waals surface area contributed by atoms with Crippen LogP contribution >= 0.6 is 0 Å². The fourth-order valence-electron chi connectivity index (χ4n) is 0.940. The molecule has 64 valence electrons. The summed E-state index contributed by atoms with van der Waals surface area (Å²) in [5.74, 6) is -0.782. The predicted molar refractivity (Wildman–Crippen MR) is 41.4 cm³/mol. The van der Waals surface area contributed by atoms with Crippen molar-refractivity contribution < 1.29 is 9.59 Å². The van der Waals surface area contributed by atoms with Gasteiger partial charge in [0.1, 0.15) is 5.69 Å². The molecule has 0 bridgehead atoms. The van der Waals surface area contributed by atoms with Gasteiger partial charge in [-0.3, -0.25) is 9.59 Å². The van der Waals surface area contributed by atoms with Crippen LogP contribution in [0.3, 0.4) is 0 Å². The first-order valence-corrected chi connectivity index (χ1v) is 3.36. The fourth-order valence-corrected chi connectivity index (χ4v) is 0.940. The lowest BCUT2D eigenvalue weighted by atomic mass is 10.3. The number of Topliss-reactive ketones (excluding diaryl/α,β-unsaturated/α-hetero) is 1. The minimum Gasteiger partial charge on any atom is -0.312 e. The molecule has 0 amide bonds. The fraction of sp³-hybridized carbons (Fsp3) is 0.286. The summed E-state index contributed by atoms with van der Waals surface area (Å²) in [5, 5.41) is 0. The Bertz CT molecular complexity index is 386. The van der Waals surface area contributed by atoms with Crippen molar-refractivity contribution in [2.24, 2.45) is 0 Å². The zero-order chi connectivity index (χ0) is 9.30. The molecule has 1 heterocycles. The van der Waals surface area contributed by atoms with Gasteiger partial charge in [-0.1, -0.05) is 0 Å². The smallest absolute Gasteiger partial charge is 0.312 e. The van der Waals surface area contributed by atoms with Crippen LogP contribution in [0.5, 0.6) is 0 Å². The van der Waals surface area contributed by atoms with E-state index in [4.69, 9.17) is 0 Å². The number of aromatic nitrogens is 2. The third-order valence-corrected chi connectivity index (χ3v) is 1.45. The van der Waals surface area contributed by atoms with Crippen LogP contribution in [0.2, 0.25) is 0 Å². The number of hydrogen-bond acceptors (Lipinski definition) is 3. The van der Waals surface area contributed by atoms with Crippen molar-refractivity contribution in [3.05, 3.63) is 22.4 Å². The van der Waals surface area contributed by atoms with E-state index in [-0.39, 0.29) is 11.5 Å². The molecule has 0 spiro atoms. The molecule has 1 N–H and O–H groups in total. The first-order valence-electron chi connectivity index (χ1n) is 3.36. The zero-order valence-electron chi connectivity index (χ0n) is 6.75. The van der Waals surface area contributed by atoms with E-state index in [2.05, 4.69) is 4.98 Å². The molecule has 12 heavy (non-hydrogen) atoms. The number of hydrogen-bond donors (Lipinski definition) is 1. The normalized spacial score (nSPS) is 9.83. The van der Waals surface area contributed by atoms with Crippen molar-refractivity contribution in [3.8, 4) is 0 Å². The Morgan fingerprint density at radius 3 is 2.33 bits per heavy atom. The third kappa shape index (κ3) is 1.20. The molecule has 0 aliphatic heterocycles. The van der Waals surface area contributed by atoms with E-state index in [1.54, 1.807) is 0 Å². The average molecular weight is 168 g/mol. The molecule has 0 fully saturated rings. The van der Waals surface area contributed by atoms with Crippen LogP contribution in [0.15, 0.2) is 11.0 Å². The van der Waals surface area contributed by atoms with E-state index in [1.165, 1.54) is 20.0 Å². The van der Waals surface area contributed by atoms with Crippen LogP contribution in [0.4, 0.5) is 0 Å². The van der Waals surface area contributed by atoms with Gasteiger partial charge in [-0.2, -0.15) is 0 Å². The highest BCUT2D eigenvalue weighted by Crippen LogP contribution is 1.95. The number of nitrogens with one attached hydrogen (secondary N) is 1. The number of aromatic amines is 1. The molecule has 0 unspecified atom stereocenters. The highest BCUT2D eigenvalue weighted by molar-refractivity contribution is 5.96. The molecule has 1 rings (SSSR count). The Labute approximate surface area is 68.0 Å². The standard InChI is InChI=1S/C7H8N2O3/c1-4(10)6-3-8-7(12)9(6)5(2)11/h3H,1-2H3,(H,8,12). The molecule has 0 aromatic carbocycles. The van der Waals surface area contributed by atoms with Gasteiger partial charge in [0.15, 0.2) is 5.78 Å². The van der Waals surface area contributed by atoms with E-state index in [0.29, 0.717) is 0 Å². The lowest BCUT2D eigenvalue weighted by molar-refractivity contribution is 0.0905. The number of nitrogens with zero attached hydrogens (tertiary/aromatic N) is 1. The number of imidazole rings is 1. The monoisotopic (exact) mass is 168 g/mol. The summed E-state index contributed by atoms with van der Waals surface area (Å²) >= 11 is 0. The Balaban J connectivity index is 3.41. The maximum absolute atomic E-state index is 10.9.